The fourth-order valence-electron chi connectivity index (χ4n) is 6.79. The van der Waals surface area contributed by atoms with Gasteiger partial charge in [-0.15, -0.1) is 0 Å². The minimum atomic E-state index is -4.43. The van der Waals surface area contributed by atoms with Gasteiger partial charge in [0, 0.05) is 54.1 Å². The Bertz CT molecular complexity index is 1180. The van der Waals surface area contributed by atoms with Crippen LogP contribution < -0.4 is 0 Å². The van der Waals surface area contributed by atoms with Crippen LogP contribution in [0.15, 0.2) is 24.5 Å². The second-order valence-corrected chi connectivity index (χ2v) is 12.5. The molecule has 33 heavy (non-hydrogen) atoms. The average Bonchev–Trinajstić information content (AvgIpc) is 3.18. The van der Waals surface area contributed by atoms with Crippen molar-refractivity contribution in [1.29, 1.82) is 0 Å². The molecule has 2 saturated carbocycles. The minimum absolute atomic E-state index is 0.000264. The highest BCUT2D eigenvalue weighted by molar-refractivity contribution is 7.92. The van der Waals surface area contributed by atoms with Crippen LogP contribution in [-0.2, 0) is 22.6 Å². The van der Waals surface area contributed by atoms with Crippen molar-refractivity contribution >= 4 is 9.84 Å². The molecule has 178 valence electrons. The zero-order valence-corrected chi connectivity index (χ0v) is 19.2. The second kappa shape index (κ2) is 7.04. The van der Waals surface area contributed by atoms with Crippen LogP contribution in [0.5, 0.6) is 0 Å². The Balaban J connectivity index is 1.15. The lowest BCUT2D eigenvalue weighted by atomic mass is 9.91. The highest BCUT2D eigenvalue weighted by Crippen LogP contribution is 2.64. The molecule has 6 rings (SSSR count). The summed E-state index contributed by atoms with van der Waals surface area (Å²) in [6, 6.07) is 3.58. The number of aromatic nitrogens is 3. The molecule has 0 bridgehead atoms. The first-order chi connectivity index (χ1) is 15.6. The van der Waals surface area contributed by atoms with Gasteiger partial charge in [-0.25, -0.2) is 8.42 Å². The standard InChI is InChI=1S/C23H27F3N4O2S/c1-2-30-20(8-19(28-30)14-5-15(10-27-9-14)23(24,25)26)21-17-6-16(7-18(17)21)29-4-3-22(11-29)12-33(31,32)13-22/h5,8-10,16-18,21H,2-4,6-7,11-13H2,1H3/t16?,17-,18+,21+. The smallest absolute Gasteiger partial charge is 0.300 e. The number of sulfone groups is 1. The SMILES string of the molecule is CCn1nc(-c2cncc(C(F)(F)F)c2)cc1[C@H]1[C@@H]2CC(N3CCC4(C3)CS(=O)(=O)C4)C[C@@H]21. The molecule has 2 aromatic heterocycles. The van der Waals surface area contributed by atoms with Gasteiger partial charge in [0.1, 0.15) is 0 Å². The molecule has 10 heteroatoms. The molecule has 2 aliphatic heterocycles. The van der Waals surface area contributed by atoms with Crippen LogP contribution in [0.25, 0.3) is 11.3 Å². The Morgan fingerprint density at radius 3 is 2.52 bits per heavy atom. The van der Waals surface area contributed by atoms with Crippen LogP contribution in [0.1, 0.15) is 43.4 Å². The summed E-state index contributed by atoms with van der Waals surface area (Å²) in [7, 11) is -2.81. The van der Waals surface area contributed by atoms with E-state index in [0.29, 0.717) is 53.1 Å². The Labute approximate surface area is 191 Å². The van der Waals surface area contributed by atoms with Crippen LogP contribution in [0, 0.1) is 17.3 Å². The normalized spacial score (nSPS) is 32.1. The number of rotatable bonds is 4. The summed E-state index contributed by atoms with van der Waals surface area (Å²) in [4.78, 5) is 6.29. The molecule has 2 aromatic rings. The van der Waals surface area contributed by atoms with E-state index in [-0.39, 0.29) is 5.41 Å². The van der Waals surface area contributed by atoms with Crippen molar-refractivity contribution in [3.63, 3.8) is 0 Å². The summed E-state index contributed by atoms with van der Waals surface area (Å²) in [5.74, 6) is 2.25. The van der Waals surface area contributed by atoms with Gasteiger partial charge in [-0.05, 0) is 56.7 Å². The first-order valence-electron chi connectivity index (χ1n) is 11.6. The predicted molar refractivity (Wildman–Crippen MR) is 116 cm³/mol. The molecule has 0 amide bonds. The first-order valence-corrected chi connectivity index (χ1v) is 13.4. The van der Waals surface area contributed by atoms with Crippen molar-refractivity contribution in [3.8, 4) is 11.3 Å². The van der Waals surface area contributed by atoms with E-state index in [4.69, 9.17) is 0 Å². The van der Waals surface area contributed by atoms with Crippen molar-refractivity contribution in [2.45, 2.75) is 50.9 Å². The maximum absolute atomic E-state index is 13.1. The Hall–Kier alpha value is -1.94. The topological polar surface area (TPSA) is 68.1 Å². The number of fused-ring (bicyclic) bond motifs is 1. The average molecular weight is 481 g/mol. The first kappa shape index (κ1) is 21.6. The number of hydrogen-bond acceptors (Lipinski definition) is 5. The van der Waals surface area contributed by atoms with E-state index in [1.807, 2.05) is 17.7 Å². The molecule has 0 N–H and O–H groups in total. The minimum Gasteiger partial charge on any atom is -0.300 e. The molecule has 4 atom stereocenters. The molecular weight excluding hydrogens is 453 g/mol. The summed E-state index contributed by atoms with van der Waals surface area (Å²) in [5, 5.41) is 4.60. The molecule has 4 aliphatic rings. The van der Waals surface area contributed by atoms with Gasteiger partial charge in [0.05, 0.1) is 22.8 Å². The largest absolute Gasteiger partial charge is 0.417 e. The monoisotopic (exact) mass is 480 g/mol. The van der Waals surface area contributed by atoms with E-state index < -0.39 is 21.6 Å². The van der Waals surface area contributed by atoms with Crippen LogP contribution in [0.4, 0.5) is 13.2 Å². The highest BCUT2D eigenvalue weighted by Gasteiger charge is 2.60. The van der Waals surface area contributed by atoms with Gasteiger partial charge in [-0.3, -0.25) is 14.6 Å². The van der Waals surface area contributed by atoms with Gasteiger partial charge < -0.3 is 0 Å². The second-order valence-electron chi connectivity index (χ2n) is 10.5. The van der Waals surface area contributed by atoms with E-state index in [1.165, 1.54) is 6.20 Å². The number of nitrogens with zero attached hydrogens (tertiary/aromatic N) is 4. The molecule has 4 fully saturated rings. The predicted octanol–water partition coefficient (Wildman–Crippen LogP) is 3.60. The Morgan fingerprint density at radius 1 is 1.15 bits per heavy atom. The lowest BCUT2D eigenvalue weighted by Crippen LogP contribution is -2.50. The number of halogens is 3. The summed E-state index contributed by atoms with van der Waals surface area (Å²) in [6.07, 6.45) is 1.04. The van der Waals surface area contributed by atoms with E-state index in [1.54, 1.807) is 0 Å². The van der Waals surface area contributed by atoms with Crippen LogP contribution in [-0.4, -0.2) is 58.7 Å². The number of aryl methyl sites for hydroxylation is 1. The van der Waals surface area contributed by atoms with Gasteiger partial charge in [0.2, 0.25) is 0 Å². The number of likely N-dealkylation sites (tertiary alicyclic amines) is 1. The third kappa shape index (κ3) is 3.60. The third-order valence-electron chi connectivity index (χ3n) is 8.27. The molecule has 4 heterocycles. The highest BCUT2D eigenvalue weighted by atomic mass is 32.2. The zero-order chi connectivity index (χ0) is 23.2. The summed E-state index contributed by atoms with van der Waals surface area (Å²) >= 11 is 0. The Morgan fingerprint density at radius 2 is 1.88 bits per heavy atom. The van der Waals surface area contributed by atoms with Gasteiger partial charge in [0.15, 0.2) is 9.84 Å². The van der Waals surface area contributed by atoms with Crippen molar-refractivity contribution in [3.05, 3.63) is 35.8 Å². The summed E-state index contributed by atoms with van der Waals surface area (Å²) in [5.41, 5.74) is 1.28. The molecular formula is C23H27F3N4O2S. The molecule has 0 aromatic carbocycles. The molecule has 2 aliphatic carbocycles. The zero-order valence-electron chi connectivity index (χ0n) is 18.4. The lowest BCUT2D eigenvalue weighted by molar-refractivity contribution is -0.137. The molecule has 0 radical (unpaired) electrons. The number of pyridine rings is 1. The van der Waals surface area contributed by atoms with Crippen LogP contribution in [0.2, 0.25) is 0 Å². The summed E-state index contributed by atoms with van der Waals surface area (Å²) in [6.45, 7) is 4.57. The van der Waals surface area contributed by atoms with E-state index in [0.717, 1.165) is 50.3 Å². The van der Waals surface area contributed by atoms with Crippen molar-refractivity contribution < 1.29 is 21.6 Å². The maximum atomic E-state index is 13.1. The van der Waals surface area contributed by atoms with E-state index in [2.05, 4.69) is 15.0 Å². The number of alkyl halides is 3. The van der Waals surface area contributed by atoms with Crippen LogP contribution in [0.3, 0.4) is 0 Å². The number of hydrogen-bond donors (Lipinski definition) is 0. The Kier molecular flexibility index (Phi) is 4.60. The van der Waals surface area contributed by atoms with Crippen molar-refractivity contribution in [1.82, 2.24) is 19.7 Å². The lowest BCUT2D eigenvalue weighted by Gasteiger charge is -2.38. The van der Waals surface area contributed by atoms with Gasteiger partial charge in [0.25, 0.3) is 0 Å². The fourth-order valence-corrected chi connectivity index (χ4v) is 9.04. The maximum Gasteiger partial charge on any atom is 0.417 e. The third-order valence-corrected chi connectivity index (χ3v) is 10.4. The van der Waals surface area contributed by atoms with Crippen molar-refractivity contribution in [2.75, 3.05) is 24.6 Å². The van der Waals surface area contributed by atoms with Crippen molar-refractivity contribution in [2.24, 2.45) is 17.3 Å². The van der Waals surface area contributed by atoms with E-state index in [9.17, 15) is 21.6 Å². The van der Waals surface area contributed by atoms with Gasteiger partial charge >= 0.3 is 6.18 Å². The molecule has 1 spiro atoms. The van der Waals surface area contributed by atoms with Crippen LogP contribution >= 0.6 is 0 Å². The van der Waals surface area contributed by atoms with Gasteiger partial charge in [-0.1, -0.05) is 0 Å². The van der Waals surface area contributed by atoms with E-state index >= 15 is 0 Å². The molecule has 2 saturated heterocycles. The fraction of sp³-hybridized carbons (Fsp3) is 0.652. The summed E-state index contributed by atoms with van der Waals surface area (Å²) < 4.78 is 64.6. The quantitative estimate of drug-likeness (QED) is 0.669. The van der Waals surface area contributed by atoms with Gasteiger partial charge in [-0.2, -0.15) is 18.3 Å². The molecule has 6 nitrogen and oxygen atoms in total. The molecule has 1 unspecified atom stereocenters.